The molecule has 1 aliphatic heterocycles. The number of ether oxygens (including phenoxy) is 2. The summed E-state index contributed by atoms with van der Waals surface area (Å²) in [6.45, 7) is 4.43. The van der Waals surface area contributed by atoms with Crippen molar-refractivity contribution in [2.24, 2.45) is 5.92 Å². The van der Waals surface area contributed by atoms with Crippen molar-refractivity contribution in [1.29, 1.82) is 0 Å². The highest BCUT2D eigenvalue weighted by atomic mass is 35.5. The molecule has 2 aromatic rings. The summed E-state index contributed by atoms with van der Waals surface area (Å²) in [6.07, 6.45) is 0. The number of nitrogens with zero attached hydrogens (tertiary/aromatic N) is 1. The second kappa shape index (κ2) is 9.00. The summed E-state index contributed by atoms with van der Waals surface area (Å²) < 4.78 is 11.0. The number of benzene rings is 2. The van der Waals surface area contributed by atoms with Gasteiger partial charge in [-0.3, -0.25) is 19.7 Å². The molecule has 1 aliphatic rings. The fourth-order valence-corrected chi connectivity index (χ4v) is 3.08. The van der Waals surface area contributed by atoms with Crippen LogP contribution in [0.15, 0.2) is 36.4 Å². The molecule has 30 heavy (non-hydrogen) atoms. The second-order valence-electron chi connectivity index (χ2n) is 6.97. The number of hydrogen-bond donors (Lipinski definition) is 2. The van der Waals surface area contributed by atoms with Crippen molar-refractivity contribution in [1.82, 2.24) is 5.32 Å². The van der Waals surface area contributed by atoms with Crippen molar-refractivity contribution in [2.75, 3.05) is 18.5 Å². The van der Waals surface area contributed by atoms with Crippen molar-refractivity contribution in [3.63, 3.8) is 0 Å². The molecular formula is C20H20ClN3O6. The first kappa shape index (κ1) is 21.4. The van der Waals surface area contributed by atoms with E-state index in [0.29, 0.717) is 30.4 Å². The van der Waals surface area contributed by atoms with Gasteiger partial charge in [0.05, 0.1) is 4.92 Å². The molecule has 0 aliphatic carbocycles. The molecule has 0 spiro atoms. The Labute approximate surface area is 177 Å². The van der Waals surface area contributed by atoms with Crippen LogP contribution < -0.4 is 20.1 Å². The molecule has 0 unspecified atom stereocenters. The smallest absolute Gasteiger partial charge is 0.288 e. The lowest BCUT2D eigenvalue weighted by Gasteiger charge is -2.23. The standard InChI is InChI=1S/C20H20ClN3O6/c1-11(2)18(23-19(25)12-3-5-14(21)15(9-12)24(27)28)20(26)22-13-4-6-16-17(10-13)30-8-7-29-16/h3-6,9-11,18H,7-8H2,1-2H3,(H,22,26)(H,23,25)/t18-/m0/s1. The molecule has 2 amide bonds. The first-order valence-electron chi connectivity index (χ1n) is 9.21. The minimum atomic E-state index is -0.875. The molecule has 0 bridgehead atoms. The lowest BCUT2D eigenvalue weighted by Crippen LogP contribution is -2.47. The third-order valence-electron chi connectivity index (χ3n) is 4.45. The van der Waals surface area contributed by atoms with Crippen LogP contribution in [0.25, 0.3) is 0 Å². The van der Waals surface area contributed by atoms with E-state index < -0.39 is 22.8 Å². The first-order valence-corrected chi connectivity index (χ1v) is 9.59. The van der Waals surface area contributed by atoms with Gasteiger partial charge in [-0.15, -0.1) is 0 Å². The average molecular weight is 434 g/mol. The number of nitro groups is 1. The van der Waals surface area contributed by atoms with Gasteiger partial charge in [0.15, 0.2) is 11.5 Å². The highest BCUT2D eigenvalue weighted by molar-refractivity contribution is 6.32. The van der Waals surface area contributed by atoms with Gasteiger partial charge in [0.1, 0.15) is 24.3 Å². The number of hydrogen-bond acceptors (Lipinski definition) is 6. The van der Waals surface area contributed by atoms with E-state index in [0.717, 1.165) is 6.07 Å². The third-order valence-corrected chi connectivity index (χ3v) is 4.77. The van der Waals surface area contributed by atoms with E-state index >= 15 is 0 Å². The molecule has 0 radical (unpaired) electrons. The van der Waals surface area contributed by atoms with Crippen LogP contribution in [0.2, 0.25) is 5.02 Å². The Morgan fingerprint density at radius 3 is 2.47 bits per heavy atom. The van der Waals surface area contributed by atoms with E-state index in [4.69, 9.17) is 21.1 Å². The first-order chi connectivity index (χ1) is 14.3. The summed E-state index contributed by atoms with van der Waals surface area (Å²) in [6, 6.07) is 7.85. The molecule has 1 heterocycles. The van der Waals surface area contributed by atoms with Crippen LogP contribution in [-0.2, 0) is 4.79 Å². The van der Waals surface area contributed by atoms with E-state index in [9.17, 15) is 19.7 Å². The van der Waals surface area contributed by atoms with Crippen LogP contribution in [0.4, 0.5) is 11.4 Å². The van der Waals surface area contributed by atoms with Crippen molar-refractivity contribution < 1.29 is 24.0 Å². The monoisotopic (exact) mass is 433 g/mol. The molecule has 0 aromatic heterocycles. The highest BCUT2D eigenvalue weighted by Crippen LogP contribution is 2.32. The zero-order valence-corrected chi connectivity index (χ0v) is 17.1. The molecule has 3 rings (SSSR count). The zero-order chi connectivity index (χ0) is 21.8. The topological polar surface area (TPSA) is 120 Å². The zero-order valence-electron chi connectivity index (χ0n) is 16.3. The van der Waals surface area contributed by atoms with Crippen LogP contribution in [0, 0.1) is 16.0 Å². The van der Waals surface area contributed by atoms with Gasteiger partial charge >= 0.3 is 0 Å². The molecule has 2 aromatic carbocycles. The predicted molar refractivity (Wildman–Crippen MR) is 110 cm³/mol. The lowest BCUT2D eigenvalue weighted by molar-refractivity contribution is -0.384. The van der Waals surface area contributed by atoms with Gasteiger partial charge in [0.25, 0.3) is 11.6 Å². The van der Waals surface area contributed by atoms with Crippen molar-refractivity contribution >= 4 is 34.8 Å². The molecule has 0 fully saturated rings. The van der Waals surface area contributed by atoms with Gasteiger partial charge in [-0.25, -0.2) is 0 Å². The van der Waals surface area contributed by atoms with Crippen molar-refractivity contribution in [3.8, 4) is 11.5 Å². The Balaban J connectivity index is 1.74. The van der Waals surface area contributed by atoms with Gasteiger partial charge in [0, 0.05) is 23.4 Å². The fourth-order valence-electron chi connectivity index (χ4n) is 2.89. The van der Waals surface area contributed by atoms with Crippen LogP contribution in [-0.4, -0.2) is 36.0 Å². The third kappa shape index (κ3) is 4.80. The van der Waals surface area contributed by atoms with Crippen molar-refractivity contribution in [3.05, 3.63) is 57.1 Å². The molecular weight excluding hydrogens is 414 g/mol. The predicted octanol–water partition coefficient (Wildman–Crippen LogP) is 3.41. The minimum absolute atomic E-state index is 0.0314. The summed E-state index contributed by atoms with van der Waals surface area (Å²) in [5.74, 6) is -0.173. The van der Waals surface area contributed by atoms with Crippen LogP contribution in [0.3, 0.4) is 0 Å². The number of carbonyl (C=O) groups is 2. The maximum atomic E-state index is 12.8. The SMILES string of the molecule is CC(C)[C@H](NC(=O)c1ccc(Cl)c([N+](=O)[O-])c1)C(=O)Nc1ccc2c(c1)OCCO2. The van der Waals surface area contributed by atoms with E-state index in [1.54, 1.807) is 32.0 Å². The number of halogens is 1. The number of amides is 2. The molecule has 0 saturated heterocycles. The number of anilines is 1. The average Bonchev–Trinajstić information content (AvgIpc) is 2.71. The summed E-state index contributed by atoms with van der Waals surface area (Å²) in [4.78, 5) is 35.8. The normalized spacial score (nSPS) is 13.5. The molecule has 158 valence electrons. The summed E-state index contributed by atoms with van der Waals surface area (Å²) in [5.41, 5.74) is 0.140. The maximum absolute atomic E-state index is 12.8. The van der Waals surface area contributed by atoms with E-state index in [2.05, 4.69) is 10.6 Å². The number of nitro benzene ring substituents is 1. The maximum Gasteiger partial charge on any atom is 0.288 e. The second-order valence-corrected chi connectivity index (χ2v) is 7.37. The Morgan fingerprint density at radius 1 is 1.10 bits per heavy atom. The molecule has 0 saturated carbocycles. The summed E-state index contributed by atoms with van der Waals surface area (Å²) in [5, 5.41) is 16.3. The molecule has 10 heteroatoms. The van der Waals surface area contributed by atoms with E-state index in [-0.39, 0.29) is 22.2 Å². The number of rotatable bonds is 6. The Morgan fingerprint density at radius 2 is 1.80 bits per heavy atom. The highest BCUT2D eigenvalue weighted by Gasteiger charge is 2.26. The van der Waals surface area contributed by atoms with Gasteiger partial charge in [-0.2, -0.15) is 0 Å². The number of fused-ring (bicyclic) bond motifs is 1. The van der Waals surface area contributed by atoms with Gasteiger partial charge in [0.2, 0.25) is 5.91 Å². The Kier molecular flexibility index (Phi) is 6.41. The minimum Gasteiger partial charge on any atom is -0.486 e. The largest absolute Gasteiger partial charge is 0.486 e. The van der Waals surface area contributed by atoms with Crippen LogP contribution in [0.1, 0.15) is 24.2 Å². The van der Waals surface area contributed by atoms with Gasteiger partial charge in [-0.05, 0) is 30.2 Å². The van der Waals surface area contributed by atoms with Gasteiger partial charge < -0.3 is 20.1 Å². The Hall–Kier alpha value is -3.33. The van der Waals surface area contributed by atoms with E-state index in [1.807, 2.05) is 0 Å². The van der Waals surface area contributed by atoms with Crippen LogP contribution >= 0.6 is 11.6 Å². The molecule has 1 atom stereocenters. The van der Waals surface area contributed by atoms with Gasteiger partial charge in [-0.1, -0.05) is 25.4 Å². The lowest BCUT2D eigenvalue weighted by atomic mass is 10.0. The Bertz CT molecular complexity index is 995. The van der Waals surface area contributed by atoms with E-state index in [1.165, 1.54) is 12.1 Å². The molecule has 9 nitrogen and oxygen atoms in total. The van der Waals surface area contributed by atoms with Crippen LogP contribution in [0.5, 0.6) is 11.5 Å². The number of carbonyl (C=O) groups excluding carboxylic acids is 2. The van der Waals surface area contributed by atoms with Crippen molar-refractivity contribution in [2.45, 2.75) is 19.9 Å². The summed E-state index contributed by atoms with van der Waals surface area (Å²) >= 11 is 5.79. The summed E-state index contributed by atoms with van der Waals surface area (Å²) in [7, 11) is 0. The quantitative estimate of drug-likeness (QED) is 0.532. The molecule has 2 N–H and O–H groups in total. The fraction of sp³-hybridized carbons (Fsp3) is 0.300. The number of nitrogens with one attached hydrogen (secondary N) is 2.